The molecule has 138 valence electrons. The van der Waals surface area contributed by atoms with E-state index in [2.05, 4.69) is 4.74 Å². The highest BCUT2D eigenvalue weighted by Crippen LogP contribution is 2.42. The molecule has 0 aromatic heterocycles. The fourth-order valence-electron chi connectivity index (χ4n) is 3.29. The first kappa shape index (κ1) is 18.1. The fraction of sp³-hybridized carbons (Fsp3) is 0.421. The monoisotopic (exact) mass is 359 g/mol. The largest absolute Gasteiger partial charge is 0.469 e. The van der Waals surface area contributed by atoms with E-state index in [4.69, 9.17) is 9.47 Å². The first-order valence-electron chi connectivity index (χ1n) is 8.34. The Labute approximate surface area is 150 Å². The minimum Gasteiger partial charge on any atom is -0.469 e. The first-order valence-corrected chi connectivity index (χ1v) is 8.34. The molecule has 0 N–H and O–H groups in total. The highest BCUT2D eigenvalue weighted by Gasteiger charge is 2.45. The third-order valence-corrected chi connectivity index (χ3v) is 4.72. The van der Waals surface area contributed by atoms with Crippen molar-refractivity contribution in [3.05, 3.63) is 39.8 Å². The molecular formula is C19H21NO6. The average molecular weight is 359 g/mol. The zero-order chi connectivity index (χ0) is 19.1. The molecule has 26 heavy (non-hydrogen) atoms. The standard InChI is InChI=1S/C19H21NO6/c1-11-8-12-9-13(21)10-14-16(12)17(18(23)19(2,25-4)26-14)20(11)7-5-6-15(22)24-3/h8-10H,5-7H2,1-4H3. The molecule has 1 unspecified atom stereocenters. The van der Waals surface area contributed by atoms with Gasteiger partial charge in [-0.2, -0.15) is 0 Å². The van der Waals surface area contributed by atoms with Gasteiger partial charge >= 0.3 is 5.97 Å². The number of benzene rings is 1. The number of ketones is 1. The Morgan fingerprint density at radius 2 is 1.96 bits per heavy atom. The molecule has 1 aliphatic carbocycles. The first-order chi connectivity index (χ1) is 12.3. The Balaban J connectivity index is 2.17. The number of hydrogen-bond acceptors (Lipinski definition) is 6. The lowest BCUT2D eigenvalue weighted by molar-refractivity contribution is -0.140. The summed E-state index contributed by atoms with van der Waals surface area (Å²) in [5.74, 6) is -1.80. The second kappa shape index (κ2) is 6.57. The number of hydrogen-bond donors (Lipinski definition) is 0. The molecule has 0 amide bonds. The van der Waals surface area contributed by atoms with Crippen molar-refractivity contribution in [1.82, 2.24) is 4.57 Å². The second-order valence-corrected chi connectivity index (χ2v) is 6.43. The number of carbonyl (C=O) groups is 2. The summed E-state index contributed by atoms with van der Waals surface area (Å²) in [6.07, 6.45) is 0.766. The van der Waals surface area contributed by atoms with Crippen LogP contribution >= 0.6 is 0 Å². The van der Waals surface area contributed by atoms with Crippen LogP contribution in [0, 0.1) is 6.92 Å². The Morgan fingerprint density at radius 3 is 2.62 bits per heavy atom. The molecule has 0 bridgehead atoms. The van der Waals surface area contributed by atoms with Crippen molar-refractivity contribution < 1.29 is 23.8 Å². The lowest BCUT2D eigenvalue weighted by atomic mass is 9.92. The van der Waals surface area contributed by atoms with Crippen LogP contribution in [0.2, 0.25) is 0 Å². The van der Waals surface area contributed by atoms with Gasteiger partial charge in [-0.1, -0.05) is 0 Å². The van der Waals surface area contributed by atoms with Gasteiger partial charge in [0.15, 0.2) is 5.43 Å². The highest BCUT2D eigenvalue weighted by atomic mass is 16.7. The molecular weight excluding hydrogens is 338 g/mol. The van der Waals surface area contributed by atoms with E-state index in [0.717, 1.165) is 5.69 Å². The summed E-state index contributed by atoms with van der Waals surface area (Å²) < 4.78 is 17.6. The number of ether oxygens (including phenoxy) is 3. The van der Waals surface area contributed by atoms with Crippen LogP contribution in [-0.4, -0.2) is 36.3 Å². The molecule has 1 atom stereocenters. The number of nitrogens with zero attached hydrogens (tertiary/aromatic N) is 1. The van der Waals surface area contributed by atoms with Gasteiger partial charge in [0.05, 0.1) is 12.7 Å². The van der Waals surface area contributed by atoms with Crippen LogP contribution in [0.4, 0.5) is 0 Å². The number of methoxy groups -OCH3 is 2. The van der Waals surface area contributed by atoms with Gasteiger partial charge in [-0.25, -0.2) is 0 Å². The Morgan fingerprint density at radius 1 is 1.23 bits per heavy atom. The Bertz CT molecular complexity index is 915. The van der Waals surface area contributed by atoms with Crippen molar-refractivity contribution in [3.8, 4) is 16.9 Å². The smallest absolute Gasteiger partial charge is 0.305 e. The maximum atomic E-state index is 13.1. The molecule has 0 saturated heterocycles. The van der Waals surface area contributed by atoms with E-state index >= 15 is 0 Å². The average Bonchev–Trinajstić information content (AvgIpc) is 2.60. The van der Waals surface area contributed by atoms with Crippen molar-refractivity contribution in [2.45, 2.75) is 39.0 Å². The summed E-state index contributed by atoms with van der Waals surface area (Å²) in [4.78, 5) is 36.5. The fourth-order valence-corrected chi connectivity index (χ4v) is 3.29. The van der Waals surface area contributed by atoms with Gasteiger partial charge < -0.3 is 18.8 Å². The Kier molecular flexibility index (Phi) is 4.58. The maximum absolute atomic E-state index is 13.1. The van der Waals surface area contributed by atoms with E-state index in [1.165, 1.54) is 33.3 Å². The van der Waals surface area contributed by atoms with E-state index in [0.29, 0.717) is 35.5 Å². The molecule has 3 rings (SSSR count). The number of esters is 1. The van der Waals surface area contributed by atoms with Gasteiger partial charge in [-0.3, -0.25) is 14.4 Å². The molecule has 0 spiro atoms. The quantitative estimate of drug-likeness (QED) is 0.761. The van der Waals surface area contributed by atoms with Gasteiger partial charge in [0.2, 0.25) is 0 Å². The molecule has 2 heterocycles. The topological polar surface area (TPSA) is 83.8 Å². The molecule has 7 heteroatoms. The number of pyridine rings is 1. The summed E-state index contributed by atoms with van der Waals surface area (Å²) >= 11 is 0. The minimum atomic E-state index is -1.51. The van der Waals surface area contributed by atoms with Crippen LogP contribution in [0.3, 0.4) is 0 Å². The van der Waals surface area contributed by atoms with Crippen molar-refractivity contribution in [2.75, 3.05) is 14.2 Å². The zero-order valence-electron chi connectivity index (χ0n) is 15.3. The van der Waals surface area contributed by atoms with E-state index in [1.54, 1.807) is 0 Å². The van der Waals surface area contributed by atoms with Crippen molar-refractivity contribution >= 4 is 11.8 Å². The third-order valence-electron chi connectivity index (χ3n) is 4.72. The van der Waals surface area contributed by atoms with Gasteiger partial charge in [-0.15, -0.1) is 0 Å². The van der Waals surface area contributed by atoms with E-state index < -0.39 is 5.79 Å². The molecule has 0 radical (unpaired) electrons. The summed E-state index contributed by atoms with van der Waals surface area (Å²) in [5, 5.41) is 0. The second-order valence-electron chi connectivity index (χ2n) is 6.43. The van der Waals surface area contributed by atoms with Gasteiger partial charge in [-0.05, 0) is 31.0 Å². The molecule has 3 aliphatic rings. The van der Waals surface area contributed by atoms with Crippen LogP contribution in [0.15, 0.2) is 23.0 Å². The highest BCUT2D eigenvalue weighted by molar-refractivity contribution is 6.08. The SMILES string of the molecule is COC(=O)CCCn1c(C)cc2cc(=O)cc3c-2c1C(=O)C(C)(OC)O3. The molecule has 7 nitrogen and oxygen atoms in total. The van der Waals surface area contributed by atoms with Crippen molar-refractivity contribution in [3.63, 3.8) is 0 Å². The van der Waals surface area contributed by atoms with E-state index in [-0.39, 0.29) is 23.6 Å². The van der Waals surface area contributed by atoms with Crippen LogP contribution in [-0.2, 0) is 20.8 Å². The number of rotatable bonds is 5. The van der Waals surface area contributed by atoms with Crippen LogP contribution in [0.25, 0.3) is 11.1 Å². The van der Waals surface area contributed by atoms with Crippen molar-refractivity contribution in [2.24, 2.45) is 0 Å². The maximum Gasteiger partial charge on any atom is 0.305 e. The molecule has 0 fully saturated rings. The lowest BCUT2D eigenvalue weighted by Crippen LogP contribution is -2.48. The lowest BCUT2D eigenvalue weighted by Gasteiger charge is -2.36. The summed E-state index contributed by atoms with van der Waals surface area (Å²) in [6.45, 7) is 3.84. The summed E-state index contributed by atoms with van der Waals surface area (Å²) in [7, 11) is 2.73. The Hall–Kier alpha value is -2.67. The normalized spacial score (nSPS) is 18.7. The predicted octanol–water partition coefficient (Wildman–Crippen LogP) is 2.15. The molecule has 2 aliphatic heterocycles. The molecule has 0 aromatic carbocycles. The predicted molar refractivity (Wildman–Crippen MR) is 93.7 cm³/mol. The zero-order valence-corrected chi connectivity index (χ0v) is 15.3. The molecule has 0 saturated carbocycles. The summed E-state index contributed by atoms with van der Waals surface area (Å²) in [5.41, 5.74) is 2.27. The van der Waals surface area contributed by atoms with Crippen LogP contribution in [0.1, 0.15) is 35.9 Å². The van der Waals surface area contributed by atoms with Crippen molar-refractivity contribution in [1.29, 1.82) is 0 Å². The number of aryl methyl sites for hydroxylation is 1. The van der Waals surface area contributed by atoms with Gasteiger partial charge in [0.25, 0.3) is 11.6 Å². The van der Waals surface area contributed by atoms with Crippen LogP contribution < -0.4 is 10.2 Å². The minimum absolute atomic E-state index is 0.200. The van der Waals surface area contributed by atoms with E-state index in [1.807, 2.05) is 17.6 Å². The number of Topliss-reactive ketones (excluding diaryl/α,β-unsaturated/α-hetero) is 1. The molecule has 0 aromatic rings. The number of aromatic nitrogens is 1. The van der Waals surface area contributed by atoms with Gasteiger partial charge in [0.1, 0.15) is 11.4 Å². The van der Waals surface area contributed by atoms with Crippen LogP contribution in [0.5, 0.6) is 5.75 Å². The van der Waals surface area contributed by atoms with Gasteiger partial charge in [0, 0.05) is 38.8 Å². The summed E-state index contributed by atoms with van der Waals surface area (Å²) in [6, 6.07) is 4.69. The third kappa shape index (κ3) is 2.88. The number of carbonyl (C=O) groups excluding carboxylic acids is 2. The van der Waals surface area contributed by atoms with E-state index in [9.17, 15) is 14.4 Å².